The molecule has 1 saturated heterocycles. The summed E-state index contributed by atoms with van der Waals surface area (Å²) in [6.45, 7) is 4.95. The van der Waals surface area contributed by atoms with E-state index in [-0.39, 0.29) is 5.91 Å². The minimum absolute atomic E-state index is 0.0514. The first-order valence-electron chi connectivity index (χ1n) is 5.73. The smallest absolute Gasteiger partial charge is 0.226 e. The van der Waals surface area contributed by atoms with E-state index in [4.69, 9.17) is 10.5 Å². The Hall–Kier alpha value is -1.39. The maximum atomic E-state index is 11.8. The fourth-order valence-corrected chi connectivity index (χ4v) is 1.87. The van der Waals surface area contributed by atoms with Crippen LogP contribution in [0.3, 0.4) is 0 Å². The Morgan fingerprint density at radius 2 is 2.18 bits per heavy atom. The van der Waals surface area contributed by atoms with Gasteiger partial charge in [-0.1, -0.05) is 12.1 Å². The number of carbonyl (C=O) groups excluding carboxylic acids is 1. The highest BCUT2D eigenvalue weighted by Crippen LogP contribution is 2.21. The summed E-state index contributed by atoms with van der Waals surface area (Å²) in [5.41, 5.74) is 8.59. The van der Waals surface area contributed by atoms with Crippen molar-refractivity contribution in [2.75, 3.05) is 18.5 Å². The molecule has 1 amide bonds. The molecule has 1 aromatic rings. The number of ether oxygens (including phenoxy) is 1. The largest absolute Gasteiger partial charge is 0.377 e. The number of hydrogen-bond acceptors (Lipinski definition) is 3. The minimum atomic E-state index is -0.470. The quantitative estimate of drug-likeness (QED) is 0.830. The molecule has 1 aliphatic heterocycles. The number of nitrogens with one attached hydrogen (secondary N) is 1. The van der Waals surface area contributed by atoms with Crippen molar-refractivity contribution in [1.82, 2.24) is 0 Å². The Kier molecular flexibility index (Phi) is 3.17. The molecule has 92 valence electrons. The van der Waals surface area contributed by atoms with Crippen molar-refractivity contribution < 1.29 is 9.53 Å². The molecule has 0 aliphatic carbocycles. The van der Waals surface area contributed by atoms with Crippen LogP contribution in [-0.4, -0.2) is 24.7 Å². The maximum absolute atomic E-state index is 11.8. The van der Waals surface area contributed by atoms with Crippen molar-refractivity contribution >= 4 is 11.6 Å². The van der Waals surface area contributed by atoms with Gasteiger partial charge < -0.3 is 15.8 Å². The highest BCUT2D eigenvalue weighted by molar-refractivity contribution is 5.92. The first-order chi connectivity index (χ1) is 8.00. The molecule has 0 atom stereocenters. The molecule has 1 fully saturated rings. The first-order valence-corrected chi connectivity index (χ1v) is 5.73. The molecule has 4 heteroatoms. The molecule has 1 heterocycles. The monoisotopic (exact) mass is 234 g/mol. The van der Waals surface area contributed by atoms with Crippen molar-refractivity contribution in [2.24, 2.45) is 5.73 Å². The van der Waals surface area contributed by atoms with E-state index in [9.17, 15) is 4.79 Å². The Morgan fingerprint density at radius 1 is 1.47 bits per heavy atom. The van der Waals surface area contributed by atoms with Crippen LogP contribution in [0.1, 0.15) is 17.5 Å². The van der Waals surface area contributed by atoms with Gasteiger partial charge in [0.05, 0.1) is 18.8 Å². The molecule has 0 aromatic heterocycles. The standard InChI is InChI=1S/C13H18N2O2/c1-9-4-3-5-11(10(9)2)15-12(16)6-13(14)7-17-8-13/h3-5H,6-8,14H2,1-2H3,(H,15,16). The summed E-state index contributed by atoms with van der Waals surface area (Å²) in [5.74, 6) is -0.0514. The second kappa shape index (κ2) is 4.47. The first kappa shape index (κ1) is 12.1. The number of amides is 1. The molecule has 17 heavy (non-hydrogen) atoms. The molecular weight excluding hydrogens is 216 g/mol. The van der Waals surface area contributed by atoms with Crippen LogP contribution in [0.4, 0.5) is 5.69 Å². The molecule has 1 aliphatic rings. The molecular formula is C13H18N2O2. The second-order valence-electron chi connectivity index (χ2n) is 4.83. The lowest BCUT2D eigenvalue weighted by molar-refractivity contribution is -0.123. The molecule has 0 saturated carbocycles. The lowest BCUT2D eigenvalue weighted by Crippen LogP contribution is -2.58. The maximum Gasteiger partial charge on any atom is 0.226 e. The van der Waals surface area contributed by atoms with Crippen LogP contribution < -0.4 is 11.1 Å². The van der Waals surface area contributed by atoms with Gasteiger partial charge in [-0.05, 0) is 31.0 Å². The Morgan fingerprint density at radius 3 is 2.76 bits per heavy atom. The van der Waals surface area contributed by atoms with Gasteiger partial charge in [0, 0.05) is 12.1 Å². The SMILES string of the molecule is Cc1cccc(NC(=O)CC2(N)COC2)c1C. The zero-order chi connectivity index (χ0) is 12.5. The van der Waals surface area contributed by atoms with E-state index in [1.54, 1.807) is 0 Å². The summed E-state index contributed by atoms with van der Waals surface area (Å²) >= 11 is 0. The van der Waals surface area contributed by atoms with Crippen molar-refractivity contribution in [3.8, 4) is 0 Å². The van der Waals surface area contributed by atoms with E-state index in [2.05, 4.69) is 5.32 Å². The topological polar surface area (TPSA) is 64.4 Å². The van der Waals surface area contributed by atoms with Crippen LogP contribution in [0.15, 0.2) is 18.2 Å². The van der Waals surface area contributed by atoms with E-state index in [0.717, 1.165) is 16.8 Å². The normalized spacial score (nSPS) is 17.4. The number of aryl methyl sites for hydroxylation is 1. The van der Waals surface area contributed by atoms with Crippen molar-refractivity contribution in [2.45, 2.75) is 25.8 Å². The summed E-state index contributed by atoms with van der Waals surface area (Å²) in [6.07, 6.45) is 0.306. The minimum Gasteiger partial charge on any atom is -0.377 e. The van der Waals surface area contributed by atoms with Crippen molar-refractivity contribution in [1.29, 1.82) is 0 Å². The van der Waals surface area contributed by atoms with Gasteiger partial charge in [-0.3, -0.25) is 4.79 Å². The van der Waals surface area contributed by atoms with Crippen LogP contribution in [0.25, 0.3) is 0 Å². The summed E-state index contributed by atoms with van der Waals surface area (Å²) < 4.78 is 5.03. The number of benzene rings is 1. The van der Waals surface area contributed by atoms with E-state index >= 15 is 0 Å². The van der Waals surface area contributed by atoms with Gasteiger partial charge in [0.15, 0.2) is 0 Å². The number of anilines is 1. The molecule has 3 N–H and O–H groups in total. The highest BCUT2D eigenvalue weighted by atomic mass is 16.5. The van der Waals surface area contributed by atoms with Gasteiger partial charge in [-0.15, -0.1) is 0 Å². The zero-order valence-electron chi connectivity index (χ0n) is 10.2. The van der Waals surface area contributed by atoms with Crippen LogP contribution in [-0.2, 0) is 9.53 Å². The number of nitrogens with two attached hydrogens (primary N) is 1. The van der Waals surface area contributed by atoms with Gasteiger partial charge in [0.25, 0.3) is 0 Å². The van der Waals surface area contributed by atoms with Gasteiger partial charge in [-0.25, -0.2) is 0 Å². The predicted octanol–water partition coefficient (Wildman–Crippen LogP) is 1.36. The number of rotatable bonds is 3. The third-order valence-electron chi connectivity index (χ3n) is 3.17. The van der Waals surface area contributed by atoms with Crippen LogP contribution in [0, 0.1) is 13.8 Å². The summed E-state index contributed by atoms with van der Waals surface area (Å²) in [7, 11) is 0. The van der Waals surface area contributed by atoms with Crippen LogP contribution in [0.2, 0.25) is 0 Å². The van der Waals surface area contributed by atoms with E-state index < -0.39 is 5.54 Å². The lowest BCUT2D eigenvalue weighted by atomic mass is 9.94. The summed E-state index contributed by atoms with van der Waals surface area (Å²) in [6, 6.07) is 5.86. The fourth-order valence-electron chi connectivity index (χ4n) is 1.87. The fraction of sp³-hybridized carbons (Fsp3) is 0.462. The van der Waals surface area contributed by atoms with Crippen LogP contribution >= 0.6 is 0 Å². The molecule has 0 radical (unpaired) electrons. The predicted molar refractivity (Wildman–Crippen MR) is 66.9 cm³/mol. The molecule has 1 aromatic carbocycles. The van der Waals surface area contributed by atoms with Crippen molar-refractivity contribution in [3.63, 3.8) is 0 Å². The van der Waals surface area contributed by atoms with Gasteiger partial charge in [0.1, 0.15) is 0 Å². The van der Waals surface area contributed by atoms with Gasteiger partial charge in [-0.2, -0.15) is 0 Å². The zero-order valence-corrected chi connectivity index (χ0v) is 10.2. The molecule has 0 bridgehead atoms. The van der Waals surface area contributed by atoms with Crippen LogP contribution in [0.5, 0.6) is 0 Å². The molecule has 0 spiro atoms. The number of hydrogen-bond donors (Lipinski definition) is 2. The molecule has 4 nitrogen and oxygen atoms in total. The van der Waals surface area contributed by atoms with Crippen molar-refractivity contribution in [3.05, 3.63) is 29.3 Å². The van der Waals surface area contributed by atoms with Gasteiger partial charge in [0.2, 0.25) is 5.91 Å². The lowest BCUT2D eigenvalue weighted by Gasteiger charge is -2.37. The Balaban J connectivity index is 2.00. The summed E-state index contributed by atoms with van der Waals surface area (Å²) in [4.78, 5) is 11.8. The average Bonchev–Trinajstić information content (AvgIpc) is 2.22. The second-order valence-corrected chi connectivity index (χ2v) is 4.83. The van der Waals surface area contributed by atoms with E-state index in [1.807, 2.05) is 32.0 Å². The summed E-state index contributed by atoms with van der Waals surface area (Å²) in [5, 5.41) is 2.90. The molecule has 0 unspecified atom stereocenters. The van der Waals surface area contributed by atoms with E-state index in [0.29, 0.717) is 19.6 Å². The highest BCUT2D eigenvalue weighted by Gasteiger charge is 2.36. The number of carbonyl (C=O) groups is 1. The molecule has 2 rings (SSSR count). The average molecular weight is 234 g/mol. The van der Waals surface area contributed by atoms with Gasteiger partial charge >= 0.3 is 0 Å². The Labute approximate surface area is 101 Å². The van der Waals surface area contributed by atoms with E-state index in [1.165, 1.54) is 0 Å². The third kappa shape index (κ3) is 2.65. The Bertz CT molecular complexity index is 439. The third-order valence-corrected chi connectivity index (χ3v) is 3.17.